The van der Waals surface area contributed by atoms with Crippen LogP contribution in [0.5, 0.6) is 0 Å². The molecule has 0 fully saturated rings. The molecule has 0 unspecified atom stereocenters. The van der Waals surface area contributed by atoms with Crippen molar-refractivity contribution in [3.8, 4) is 0 Å². The van der Waals surface area contributed by atoms with E-state index in [1.165, 1.54) is 0 Å². The monoisotopic (exact) mass is 284 g/mol. The Morgan fingerprint density at radius 3 is 2.16 bits per heavy atom. The third-order valence-corrected chi connectivity index (χ3v) is 4.90. The van der Waals surface area contributed by atoms with Crippen LogP contribution in [0, 0.1) is 13.8 Å². The van der Waals surface area contributed by atoms with Gasteiger partial charge < -0.3 is 9.05 Å². The van der Waals surface area contributed by atoms with Crippen LogP contribution in [0.4, 0.5) is 0 Å². The van der Waals surface area contributed by atoms with Crippen molar-refractivity contribution in [1.82, 2.24) is 0 Å². The lowest BCUT2D eigenvalue weighted by Gasteiger charge is -2.18. The van der Waals surface area contributed by atoms with Gasteiger partial charge in [-0.2, -0.15) is 0 Å². The minimum atomic E-state index is -3.10. The van der Waals surface area contributed by atoms with Crippen molar-refractivity contribution in [2.45, 2.75) is 33.9 Å². The average molecular weight is 284 g/mol. The number of rotatable bonds is 7. The standard InChI is InChI=1S/C14H21O4P/c1-5-17-19(16,18-6-2)10-14-8-11(3)13(9-15)7-12(14)4/h7-9H,5-6,10H2,1-4H3. The number of aldehydes is 1. The smallest absolute Gasteiger partial charge is 0.309 e. The molecule has 0 radical (unpaired) electrons. The molecule has 0 saturated heterocycles. The summed E-state index contributed by atoms with van der Waals surface area (Å²) < 4.78 is 23.1. The van der Waals surface area contributed by atoms with Crippen LogP contribution in [-0.4, -0.2) is 19.5 Å². The molecule has 19 heavy (non-hydrogen) atoms. The molecule has 0 heterocycles. The van der Waals surface area contributed by atoms with Crippen LogP contribution >= 0.6 is 7.60 Å². The van der Waals surface area contributed by atoms with Gasteiger partial charge in [0.25, 0.3) is 0 Å². The minimum absolute atomic E-state index is 0.237. The van der Waals surface area contributed by atoms with Crippen LogP contribution in [0.25, 0.3) is 0 Å². The first-order valence-electron chi connectivity index (χ1n) is 6.39. The molecule has 0 saturated carbocycles. The Hall–Kier alpha value is -0.960. The van der Waals surface area contributed by atoms with Crippen molar-refractivity contribution in [3.05, 3.63) is 34.4 Å². The lowest BCUT2D eigenvalue weighted by Crippen LogP contribution is -2.02. The maximum Gasteiger partial charge on any atom is 0.335 e. The number of hydrogen-bond donors (Lipinski definition) is 0. The van der Waals surface area contributed by atoms with E-state index in [1.54, 1.807) is 19.9 Å². The summed E-state index contributed by atoms with van der Waals surface area (Å²) in [6, 6.07) is 3.68. The summed E-state index contributed by atoms with van der Waals surface area (Å²) in [6.45, 7) is 8.03. The summed E-state index contributed by atoms with van der Waals surface area (Å²) >= 11 is 0. The van der Waals surface area contributed by atoms with Gasteiger partial charge in [-0.25, -0.2) is 0 Å². The van der Waals surface area contributed by atoms with Gasteiger partial charge in [-0.15, -0.1) is 0 Å². The van der Waals surface area contributed by atoms with Gasteiger partial charge in [0.15, 0.2) is 0 Å². The van der Waals surface area contributed by atoms with Crippen molar-refractivity contribution in [1.29, 1.82) is 0 Å². The van der Waals surface area contributed by atoms with Gasteiger partial charge in [0, 0.05) is 5.56 Å². The zero-order chi connectivity index (χ0) is 14.5. The van der Waals surface area contributed by atoms with E-state index >= 15 is 0 Å². The van der Waals surface area contributed by atoms with E-state index in [-0.39, 0.29) is 6.16 Å². The first-order valence-corrected chi connectivity index (χ1v) is 8.12. The molecule has 0 aromatic heterocycles. The van der Waals surface area contributed by atoms with Crippen LogP contribution in [0.15, 0.2) is 12.1 Å². The molecule has 1 rings (SSSR count). The second-order valence-electron chi connectivity index (χ2n) is 4.36. The maximum atomic E-state index is 12.5. The topological polar surface area (TPSA) is 52.6 Å². The van der Waals surface area contributed by atoms with Crippen LogP contribution in [0.2, 0.25) is 0 Å². The molecule has 0 bridgehead atoms. The van der Waals surface area contributed by atoms with Gasteiger partial charge in [0.1, 0.15) is 6.29 Å². The van der Waals surface area contributed by atoms with Crippen molar-refractivity contribution in [3.63, 3.8) is 0 Å². The molecule has 1 aromatic carbocycles. The van der Waals surface area contributed by atoms with Gasteiger partial charge in [-0.05, 0) is 50.5 Å². The maximum absolute atomic E-state index is 12.5. The highest BCUT2D eigenvalue weighted by molar-refractivity contribution is 7.53. The Morgan fingerprint density at radius 2 is 1.68 bits per heavy atom. The summed E-state index contributed by atoms with van der Waals surface area (Å²) in [6.07, 6.45) is 1.07. The fourth-order valence-corrected chi connectivity index (χ4v) is 3.73. The molecule has 0 amide bonds. The molecule has 0 N–H and O–H groups in total. The van der Waals surface area contributed by atoms with Crippen LogP contribution in [-0.2, 0) is 19.8 Å². The fourth-order valence-electron chi connectivity index (χ4n) is 1.93. The average Bonchev–Trinajstić information content (AvgIpc) is 2.33. The number of carbonyl (C=O) groups is 1. The molecule has 5 heteroatoms. The van der Waals surface area contributed by atoms with E-state index in [4.69, 9.17) is 9.05 Å². The lowest BCUT2D eigenvalue weighted by atomic mass is 10.0. The highest BCUT2D eigenvalue weighted by Crippen LogP contribution is 2.51. The second-order valence-corrected chi connectivity index (χ2v) is 6.41. The predicted molar refractivity (Wildman–Crippen MR) is 75.9 cm³/mol. The first kappa shape index (κ1) is 16.1. The molecular formula is C14H21O4P. The summed E-state index contributed by atoms with van der Waals surface area (Å²) in [7, 11) is -3.10. The largest absolute Gasteiger partial charge is 0.335 e. The molecule has 0 aliphatic rings. The van der Waals surface area contributed by atoms with E-state index in [1.807, 2.05) is 19.9 Å². The van der Waals surface area contributed by atoms with E-state index in [2.05, 4.69) is 0 Å². The Labute approximate surface area is 114 Å². The van der Waals surface area contributed by atoms with E-state index in [0.29, 0.717) is 18.8 Å². The fraction of sp³-hybridized carbons (Fsp3) is 0.500. The highest BCUT2D eigenvalue weighted by atomic mass is 31.2. The third-order valence-electron chi connectivity index (χ3n) is 2.87. The number of aryl methyl sites for hydroxylation is 2. The summed E-state index contributed by atoms with van der Waals surface area (Å²) in [5, 5.41) is 0. The van der Waals surface area contributed by atoms with Crippen LogP contribution < -0.4 is 0 Å². The Morgan fingerprint density at radius 1 is 1.11 bits per heavy atom. The molecule has 0 atom stereocenters. The summed E-state index contributed by atoms with van der Waals surface area (Å²) in [5.74, 6) is 0. The molecule has 4 nitrogen and oxygen atoms in total. The number of hydrogen-bond acceptors (Lipinski definition) is 4. The second kappa shape index (κ2) is 6.99. The van der Waals surface area contributed by atoms with Gasteiger partial charge >= 0.3 is 7.60 Å². The van der Waals surface area contributed by atoms with E-state index in [0.717, 1.165) is 23.0 Å². The molecule has 0 spiro atoms. The minimum Gasteiger partial charge on any atom is -0.309 e. The zero-order valence-electron chi connectivity index (χ0n) is 11.9. The molecule has 0 aliphatic heterocycles. The number of carbonyl (C=O) groups excluding carboxylic acids is 1. The third kappa shape index (κ3) is 4.27. The summed E-state index contributed by atoms with van der Waals surface area (Å²) in [5.41, 5.74) is 3.35. The molecule has 106 valence electrons. The lowest BCUT2D eigenvalue weighted by molar-refractivity contribution is 0.112. The normalized spacial score (nSPS) is 11.6. The SMILES string of the molecule is CCOP(=O)(Cc1cc(C)c(C=O)cc1C)OCC. The Balaban J connectivity index is 3.06. The molecular weight excluding hydrogens is 263 g/mol. The van der Waals surface area contributed by atoms with Crippen molar-refractivity contribution < 1.29 is 18.4 Å². The van der Waals surface area contributed by atoms with Gasteiger partial charge in [-0.1, -0.05) is 6.07 Å². The summed E-state index contributed by atoms with van der Waals surface area (Å²) in [4.78, 5) is 10.9. The van der Waals surface area contributed by atoms with Gasteiger partial charge in [-0.3, -0.25) is 9.36 Å². The molecule has 0 aliphatic carbocycles. The van der Waals surface area contributed by atoms with E-state index in [9.17, 15) is 9.36 Å². The van der Waals surface area contributed by atoms with Crippen molar-refractivity contribution in [2.24, 2.45) is 0 Å². The molecule has 1 aromatic rings. The van der Waals surface area contributed by atoms with Crippen molar-refractivity contribution >= 4 is 13.9 Å². The predicted octanol–water partition coefficient (Wildman–Crippen LogP) is 3.88. The quantitative estimate of drug-likeness (QED) is 0.563. The van der Waals surface area contributed by atoms with Gasteiger partial charge in [0.05, 0.1) is 19.4 Å². The van der Waals surface area contributed by atoms with Crippen LogP contribution in [0.3, 0.4) is 0 Å². The van der Waals surface area contributed by atoms with Crippen molar-refractivity contribution in [2.75, 3.05) is 13.2 Å². The Kier molecular flexibility index (Phi) is 5.92. The number of benzene rings is 1. The van der Waals surface area contributed by atoms with E-state index < -0.39 is 7.60 Å². The Bertz CT molecular complexity index is 486. The van der Waals surface area contributed by atoms with Gasteiger partial charge in [0.2, 0.25) is 0 Å². The zero-order valence-corrected chi connectivity index (χ0v) is 12.8. The van der Waals surface area contributed by atoms with Crippen LogP contribution in [0.1, 0.15) is 40.9 Å². The highest BCUT2D eigenvalue weighted by Gasteiger charge is 2.25. The first-order chi connectivity index (χ1) is 8.95.